The molecule has 1 saturated heterocycles. The predicted octanol–water partition coefficient (Wildman–Crippen LogP) is 1.73. The fourth-order valence-corrected chi connectivity index (χ4v) is 4.08. The number of hydrogen-bond donors (Lipinski definition) is 0. The van der Waals surface area contributed by atoms with Crippen molar-refractivity contribution < 1.29 is 12.8 Å². The van der Waals surface area contributed by atoms with Crippen LogP contribution in [0.5, 0.6) is 0 Å². The summed E-state index contributed by atoms with van der Waals surface area (Å²) in [6.07, 6.45) is 1.75. The van der Waals surface area contributed by atoms with Gasteiger partial charge in [-0.2, -0.15) is 4.31 Å². The minimum absolute atomic E-state index is 0.00989. The van der Waals surface area contributed by atoms with Crippen LogP contribution in [-0.2, 0) is 16.6 Å². The molecule has 0 N–H and O–H groups in total. The van der Waals surface area contributed by atoms with Crippen molar-refractivity contribution in [3.63, 3.8) is 0 Å². The maximum atomic E-state index is 13.3. The van der Waals surface area contributed by atoms with Crippen molar-refractivity contribution >= 4 is 10.0 Å². The summed E-state index contributed by atoms with van der Waals surface area (Å²) in [5, 5.41) is 0. The molecule has 0 amide bonds. The molecule has 0 aliphatic carbocycles. The monoisotopic (exact) mass is 335 g/mol. The lowest BCUT2D eigenvalue weighted by Crippen LogP contribution is -2.48. The van der Waals surface area contributed by atoms with Crippen LogP contribution in [0.1, 0.15) is 5.69 Å². The van der Waals surface area contributed by atoms with E-state index in [9.17, 15) is 12.8 Å². The van der Waals surface area contributed by atoms with Gasteiger partial charge in [0.05, 0.1) is 10.6 Å². The molecule has 0 unspecified atom stereocenters. The third kappa shape index (κ3) is 3.74. The summed E-state index contributed by atoms with van der Waals surface area (Å²) >= 11 is 0. The van der Waals surface area contributed by atoms with Crippen LogP contribution in [0.4, 0.5) is 4.39 Å². The second-order valence-corrected chi connectivity index (χ2v) is 7.40. The quantitative estimate of drug-likeness (QED) is 0.854. The molecule has 0 spiro atoms. The lowest BCUT2D eigenvalue weighted by Gasteiger charge is -2.33. The van der Waals surface area contributed by atoms with Gasteiger partial charge in [-0.25, -0.2) is 12.8 Å². The number of piperazine rings is 1. The second-order valence-electron chi connectivity index (χ2n) is 5.46. The molecule has 3 rings (SSSR count). The van der Waals surface area contributed by atoms with Crippen LogP contribution >= 0.6 is 0 Å². The molecule has 7 heteroatoms. The Labute approximate surface area is 135 Å². The minimum atomic E-state index is -3.63. The first-order valence-corrected chi connectivity index (χ1v) is 8.88. The van der Waals surface area contributed by atoms with Crippen LogP contribution in [0.3, 0.4) is 0 Å². The molecular weight excluding hydrogens is 317 g/mol. The highest BCUT2D eigenvalue weighted by Gasteiger charge is 2.28. The number of hydrogen-bond acceptors (Lipinski definition) is 4. The maximum absolute atomic E-state index is 13.3. The van der Waals surface area contributed by atoms with Gasteiger partial charge in [0.2, 0.25) is 10.0 Å². The zero-order valence-corrected chi connectivity index (χ0v) is 13.4. The van der Waals surface area contributed by atoms with Crippen molar-refractivity contribution in [2.24, 2.45) is 0 Å². The molecule has 0 radical (unpaired) electrons. The Kier molecular flexibility index (Phi) is 4.70. The van der Waals surface area contributed by atoms with Crippen molar-refractivity contribution in [1.82, 2.24) is 14.2 Å². The number of pyridine rings is 1. The number of halogens is 1. The maximum Gasteiger partial charge on any atom is 0.243 e. The molecule has 1 aromatic carbocycles. The molecule has 5 nitrogen and oxygen atoms in total. The average molecular weight is 335 g/mol. The van der Waals surface area contributed by atoms with Gasteiger partial charge < -0.3 is 0 Å². The molecule has 1 aliphatic heterocycles. The van der Waals surface area contributed by atoms with Crippen molar-refractivity contribution in [2.45, 2.75) is 11.4 Å². The predicted molar refractivity (Wildman–Crippen MR) is 84.7 cm³/mol. The number of rotatable bonds is 4. The Morgan fingerprint density at radius 1 is 1.04 bits per heavy atom. The van der Waals surface area contributed by atoms with E-state index >= 15 is 0 Å². The Morgan fingerprint density at radius 3 is 2.48 bits per heavy atom. The van der Waals surface area contributed by atoms with Gasteiger partial charge in [-0.1, -0.05) is 12.1 Å². The van der Waals surface area contributed by atoms with E-state index in [0.29, 0.717) is 32.7 Å². The van der Waals surface area contributed by atoms with Crippen molar-refractivity contribution in [1.29, 1.82) is 0 Å². The van der Waals surface area contributed by atoms with Crippen molar-refractivity contribution in [3.05, 3.63) is 60.2 Å². The Morgan fingerprint density at radius 2 is 1.83 bits per heavy atom. The topological polar surface area (TPSA) is 53.5 Å². The third-order valence-corrected chi connectivity index (χ3v) is 5.77. The average Bonchev–Trinajstić information content (AvgIpc) is 2.56. The van der Waals surface area contributed by atoms with E-state index in [1.54, 1.807) is 6.20 Å². The summed E-state index contributed by atoms with van der Waals surface area (Å²) in [6.45, 7) is 2.75. The summed E-state index contributed by atoms with van der Waals surface area (Å²) < 4.78 is 39.7. The highest BCUT2D eigenvalue weighted by Crippen LogP contribution is 2.19. The first-order valence-electron chi connectivity index (χ1n) is 7.44. The largest absolute Gasteiger partial charge is 0.295 e. The van der Waals surface area contributed by atoms with E-state index in [1.807, 2.05) is 18.2 Å². The summed E-state index contributed by atoms with van der Waals surface area (Å²) in [5.41, 5.74) is 0.967. The Balaban J connectivity index is 1.64. The fraction of sp³-hybridized carbons (Fsp3) is 0.312. The summed E-state index contributed by atoms with van der Waals surface area (Å²) in [7, 11) is -3.63. The van der Waals surface area contributed by atoms with Crippen LogP contribution in [0.2, 0.25) is 0 Å². The SMILES string of the molecule is O=S(=O)(c1cccc(F)c1)N1CCN(Cc2ccccn2)CC1. The molecule has 2 heterocycles. The van der Waals surface area contributed by atoms with E-state index in [-0.39, 0.29) is 4.90 Å². The summed E-state index contributed by atoms with van der Waals surface area (Å²) in [5.74, 6) is -0.542. The molecule has 122 valence electrons. The van der Waals surface area contributed by atoms with E-state index in [0.717, 1.165) is 11.8 Å². The molecular formula is C16H18FN3O2S. The first kappa shape index (κ1) is 16.0. The third-order valence-electron chi connectivity index (χ3n) is 3.88. The van der Waals surface area contributed by atoms with Gasteiger partial charge in [0.15, 0.2) is 0 Å². The van der Waals surface area contributed by atoms with E-state index in [1.165, 1.54) is 22.5 Å². The number of sulfonamides is 1. The van der Waals surface area contributed by atoms with Gasteiger partial charge in [0.25, 0.3) is 0 Å². The Bertz CT molecular complexity index is 760. The van der Waals surface area contributed by atoms with Crippen LogP contribution in [0.15, 0.2) is 53.6 Å². The zero-order chi connectivity index (χ0) is 16.3. The van der Waals surface area contributed by atoms with Crippen LogP contribution in [-0.4, -0.2) is 48.8 Å². The molecule has 1 fully saturated rings. The van der Waals surface area contributed by atoms with Crippen LogP contribution in [0.25, 0.3) is 0 Å². The molecule has 1 aliphatic rings. The lowest BCUT2D eigenvalue weighted by molar-refractivity contribution is 0.180. The fourth-order valence-electron chi connectivity index (χ4n) is 2.63. The highest BCUT2D eigenvalue weighted by molar-refractivity contribution is 7.89. The zero-order valence-electron chi connectivity index (χ0n) is 12.6. The minimum Gasteiger partial charge on any atom is -0.295 e. The number of aromatic nitrogens is 1. The molecule has 0 atom stereocenters. The summed E-state index contributed by atoms with van der Waals surface area (Å²) in [4.78, 5) is 6.46. The van der Waals surface area contributed by atoms with E-state index in [4.69, 9.17) is 0 Å². The summed E-state index contributed by atoms with van der Waals surface area (Å²) in [6, 6.07) is 10.9. The molecule has 2 aromatic rings. The molecule has 23 heavy (non-hydrogen) atoms. The smallest absolute Gasteiger partial charge is 0.243 e. The lowest BCUT2D eigenvalue weighted by atomic mass is 10.3. The van der Waals surface area contributed by atoms with Gasteiger partial charge in [-0.15, -0.1) is 0 Å². The normalized spacial score (nSPS) is 17.3. The molecule has 1 aromatic heterocycles. The van der Waals surface area contributed by atoms with Gasteiger partial charge >= 0.3 is 0 Å². The molecule has 0 bridgehead atoms. The number of nitrogens with zero attached hydrogens (tertiary/aromatic N) is 3. The first-order chi connectivity index (χ1) is 11.1. The van der Waals surface area contributed by atoms with E-state index < -0.39 is 15.8 Å². The second kappa shape index (κ2) is 6.74. The van der Waals surface area contributed by atoms with Crippen LogP contribution in [0, 0.1) is 5.82 Å². The van der Waals surface area contributed by atoms with Gasteiger partial charge in [0, 0.05) is 38.9 Å². The van der Waals surface area contributed by atoms with Crippen LogP contribution < -0.4 is 0 Å². The van der Waals surface area contributed by atoms with E-state index in [2.05, 4.69) is 9.88 Å². The highest BCUT2D eigenvalue weighted by atomic mass is 32.2. The Hall–Kier alpha value is -1.83. The van der Waals surface area contributed by atoms with Gasteiger partial charge in [0.1, 0.15) is 5.82 Å². The van der Waals surface area contributed by atoms with Crippen molar-refractivity contribution in [3.8, 4) is 0 Å². The van der Waals surface area contributed by atoms with Gasteiger partial charge in [-0.05, 0) is 30.3 Å². The molecule has 0 saturated carbocycles. The van der Waals surface area contributed by atoms with Gasteiger partial charge in [-0.3, -0.25) is 9.88 Å². The van der Waals surface area contributed by atoms with Crippen molar-refractivity contribution in [2.75, 3.05) is 26.2 Å². The number of benzene rings is 1. The standard InChI is InChI=1S/C16H18FN3O2S/c17-14-4-3-6-16(12-14)23(21,22)20-10-8-19(9-11-20)13-15-5-1-2-7-18-15/h1-7,12H,8-11,13H2.